The Morgan fingerprint density at radius 2 is 1.76 bits per heavy atom. The van der Waals surface area contributed by atoms with E-state index in [0.717, 1.165) is 68.0 Å². The average Bonchev–Trinajstić information content (AvgIpc) is 2.80. The summed E-state index contributed by atoms with van der Waals surface area (Å²) in [7, 11) is 0. The zero-order valence-electron chi connectivity index (χ0n) is 19.9. The summed E-state index contributed by atoms with van der Waals surface area (Å²) >= 11 is 0. The van der Waals surface area contributed by atoms with Gasteiger partial charge < -0.3 is 14.4 Å². The van der Waals surface area contributed by atoms with Crippen LogP contribution in [0.25, 0.3) is 0 Å². The van der Waals surface area contributed by atoms with Gasteiger partial charge in [0.15, 0.2) is 0 Å². The molecule has 0 spiro atoms. The number of rotatable bonds is 9. The standard InChI is InChI=1S/C25H33N3O5/c1-18-17-24(19(2)20(3)25(18)33-21(4)29)32-16-8-7-11-26-12-14-27(15-13-26)22-9-5-6-10-23(22)28(30)31/h5-6,9-10,17H,7-8,11-16H2,1-4H3. The van der Waals surface area contributed by atoms with Crippen molar-refractivity contribution in [2.75, 3.05) is 44.2 Å². The number of aryl methyl sites for hydroxylation is 1. The predicted molar refractivity (Wildman–Crippen MR) is 128 cm³/mol. The van der Waals surface area contributed by atoms with Crippen molar-refractivity contribution < 1.29 is 19.2 Å². The van der Waals surface area contributed by atoms with Crippen LogP contribution in [0.3, 0.4) is 0 Å². The van der Waals surface area contributed by atoms with Gasteiger partial charge in [0.25, 0.3) is 5.69 Å². The maximum Gasteiger partial charge on any atom is 0.308 e. The van der Waals surface area contributed by atoms with Gasteiger partial charge in [0, 0.05) is 39.2 Å². The lowest BCUT2D eigenvalue weighted by Crippen LogP contribution is -2.46. The van der Waals surface area contributed by atoms with Crippen molar-refractivity contribution in [1.82, 2.24) is 4.90 Å². The number of anilines is 1. The molecular weight excluding hydrogens is 422 g/mol. The average molecular weight is 456 g/mol. The predicted octanol–water partition coefficient (Wildman–Crippen LogP) is 4.43. The van der Waals surface area contributed by atoms with Crippen LogP contribution in [0.2, 0.25) is 0 Å². The summed E-state index contributed by atoms with van der Waals surface area (Å²) in [5.74, 6) is 1.13. The Morgan fingerprint density at radius 1 is 1.06 bits per heavy atom. The second-order valence-electron chi connectivity index (χ2n) is 8.49. The van der Waals surface area contributed by atoms with E-state index in [1.165, 1.54) is 6.92 Å². The summed E-state index contributed by atoms with van der Waals surface area (Å²) in [6.07, 6.45) is 1.96. The summed E-state index contributed by atoms with van der Waals surface area (Å²) in [4.78, 5) is 26.8. The van der Waals surface area contributed by atoms with Crippen molar-refractivity contribution >= 4 is 17.3 Å². The molecule has 33 heavy (non-hydrogen) atoms. The van der Waals surface area contributed by atoms with Gasteiger partial charge in [-0.25, -0.2) is 0 Å². The molecule has 0 amide bonds. The molecule has 0 N–H and O–H groups in total. The van der Waals surface area contributed by atoms with Crippen LogP contribution in [0.15, 0.2) is 30.3 Å². The number of nitrogens with zero attached hydrogens (tertiary/aromatic N) is 3. The van der Waals surface area contributed by atoms with E-state index in [1.807, 2.05) is 39.0 Å². The minimum Gasteiger partial charge on any atom is -0.493 e. The molecule has 1 aliphatic rings. The van der Waals surface area contributed by atoms with E-state index in [-0.39, 0.29) is 16.6 Å². The molecule has 1 saturated heterocycles. The fourth-order valence-electron chi connectivity index (χ4n) is 4.19. The first-order chi connectivity index (χ1) is 15.8. The third-order valence-corrected chi connectivity index (χ3v) is 6.14. The van der Waals surface area contributed by atoms with Gasteiger partial charge in [-0.1, -0.05) is 12.1 Å². The van der Waals surface area contributed by atoms with Crippen LogP contribution in [-0.2, 0) is 4.79 Å². The minimum atomic E-state index is -0.322. The third kappa shape index (κ3) is 6.22. The lowest BCUT2D eigenvalue weighted by molar-refractivity contribution is -0.384. The Kier molecular flexibility index (Phi) is 8.27. The second-order valence-corrected chi connectivity index (χ2v) is 8.49. The van der Waals surface area contributed by atoms with Gasteiger partial charge >= 0.3 is 5.97 Å². The van der Waals surface area contributed by atoms with Gasteiger partial charge in [0.05, 0.1) is 11.5 Å². The summed E-state index contributed by atoms with van der Waals surface area (Å²) in [5.41, 5.74) is 3.68. The van der Waals surface area contributed by atoms with E-state index in [0.29, 0.717) is 18.0 Å². The number of carbonyl (C=O) groups is 1. The largest absolute Gasteiger partial charge is 0.493 e. The molecule has 0 bridgehead atoms. The molecule has 1 fully saturated rings. The topological polar surface area (TPSA) is 85.2 Å². The van der Waals surface area contributed by atoms with E-state index < -0.39 is 0 Å². The molecular formula is C25H33N3O5. The molecule has 0 saturated carbocycles. The van der Waals surface area contributed by atoms with E-state index in [1.54, 1.807) is 12.1 Å². The smallest absolute Gasteiger partial charge is 0.308 e. The van der Waals surface area contributed by atoms with Crippen LogP contribution in [0.5, 0.6) is 11.5 Å². The van der Waals surface area contributed by atoms with E-state index >= 15 is 0 Å². The first-order valence-corrected chi connectivity index (χ1v) is 11.4. The van der Waals surface area contributed by atoms with Crippen LogP contribution in [0, 0.1) is 30.9 Å². The number of benzene rings is 2. The van der Waals surface area contributed by atoms with Gasteiger partial charge in [-0.05, 0) is 69.0 Å². The number of hydrogen-bond acceptors (Lipinski definition) is 7. The summed E-state index contributed by atoms with van der Waals surface area (Å²) in [5, 5.41) is 11.3. The summed E-state index contributed by atoms with van der Waals surface area (Å²) in [6, 6.07) is 8.88. The number of hydrogen-bond donors (Lipinski definition) is 0. The highest BCUT2D eigenvalue weighted by molar-refractivity contribution is 5.71. The van der Waals surface area contributed by atoms with E-state index in [4.69, 9.17) is 9.47 Å². The van der Waals surface area contributed by atoms with Gasteiger partial charge in [0.2, 0.25) is 0 Å². The first kappa shape index (κ1) is 24.5. The van der Waals surface area contributed by atoms with Crippen LogP contribution >= 0.6 is 0 Å². The van der Waals surface area contributed by atoms with Crippen LogP contribution in [0.4, 0.5) is 11.4 Å². The molecule has 0 unspecified atom stereocenters. The maximum absolute atomic E-state index is 11.3. The van der Waals surface area contributed by atoms with E-state index in [9.17, 15) is 14.9 Å². The number of piperazine rings is 1. The van der Waals surface area contributed by atoms with Crippen LogP contribution in [0.1, 0.15) is 36.5 Å². The number of esters is 1. The lowest BCUT2D eigenvalue weighted by atomic mass is 10.0. The van der Waals surface area contributed by atoms with Gasteiger partial charge in [-0.3, -0.25) is 19.8 Å². The quantitative estimate of drug-likeness (QED) is 0.182. The van der Waals surface area contributed by atoms with Crippen LogP contribution < -0.4 is 14.4 Å². The fraction of sp³-hybridized carbons (Fsp3) is 0.480. The number of carbonyl (C=O) groups excluding carboxylic acids is 1. The van der Waals surface area contributed by atoms with Crippen molar-refractivity contribution in [3.63, 3.8) is 0 Å². The molecule has 3 rings (SSSR count). The lowest BCUT2D eigenvalue weighted by Gasteiger charge is -2.35. The summed E-state index contributed by atoms with van der Waals surface area (Å²) < 4.78 is 11.4. The molecule has 2 aromatic carbocycles. The Balaban J connectivity index is 1.42. The fourth-order valence-corrected chi connectivity index (χ4v) is 4.19. The molecule has 8 nitrogen and oxygen atoms in total. The molecule has 2 aromatic rings. The molecule has 0 aromatic heterocycles. The number of para-hydroxylation sites is 2. The van der Waals surface area contributed by atoms with Crippen LogP contribution in [-0.4, -0.2) is 55.1 Å². The first-order valence-electron chi connectivity index (χ1n) is 11.4. The summed E-state index contributed by atoms with van der Waals surface area (Å²) in [6.45, 7) is 12.2. The molecule has 8 heteroatoms. The monoisotopic (exact) mass is 455 g/mol. The zero-order chi connectivity index (χ0) is 24.0. The molecule has 1 heterocycles. The highest BCUT2D eigenvalue weighted by atomic mass is 16.6. The Hall–Kier alpha value is -3.13. The minimum absolute atomic E-state index is 0.171. The maximum atomic E-state index is 11.3. The van der Waals surface area contributed by atoms with Gasteiger partial charge in [-0.2, -0.15) is 0 Å². The number of ether oxygens (including phenoxy) is 2. The molecule has 0 atom stereocenters. The normalized spacial score (nSPS) is 14.2. The van der Waals surface area contributed by atoms with Crippen molar-refractivity contribution in [3.8, 4) is 11.5 Å². The Morgan fingerprint density at radius 3 is 2.42 bits per heavy atom. The van der Waals surface area contributed by atoms with Crippen molar-refractivity contribution in [3.05, 3.63) is 57.1 Å². The third-order valence-electron chi connectivity index (χ3n) is 6.14. The van der Waals surface area contributed by atoms with Gasteiger partial charge in [0.1, 0.15) is 17.2 Å². The Bertz CT molecular complexity index is 1000. The molecule has 0 aliphatic carbocycles. The van der Waals surface area contributed by atoms with Crippen molar-refractivity contribution in [2.24, 2.45) is 0 Å². The van der Waals surface area contributed by atoms with E-state index in [2.05, 4.69) is 9.80 Å². The zero-order valence-corrected chi connectivity index (χ0v) is 19.9. The SMILES string of the molecule is CC(=O)Oc1c(C)cc(OCCCCN2CCN(c3ccccc3[N+](=O)[O-])CC2)c(C)c1C. The Labute approximate surface area is 195 Å². The highest BCUT2D eigenvalue weighted by Crippen LogP contribution is 2.33. The second kappa shape index (κ2) is 11.1. The molecule has 178 valence electrons. The van der Waals surface area contributed by atoms with Crippen molar-refractivity contribution in [1.29, 1.82) is 0 Å². The van der Waals surface area contributed by atoms with Crippen molar-refractivity contribution in [2.45, 2.75) is 40.5 Å². The highest BCUT2D eigenvalue weighted by Gasteiger charge is 2.23. The number of unbranched alkanes of at least 4 members (excludes halogenated alkanes) is 1. The van der Waals surface area contributed by atoms with Gasteiger partial charge in [-0.15, -0.1) is 0 Å². The molecule has 1 aliphatic heterocycles. The number of nitro benzene ring substituents is 1. The molecule has 0 radical (unpaired) electrons. The number of nitro groups is 1.